The predicted molar refractivity (Wildman–Crippen MR) is 104 cm³/mol. The van der Waals surface area contributed by atoms with Gasteiger partial charge < -0.3 is 10.1 Å². The molecule has 29 heavy (non-hydrogen) atoms. The number of nitrogens with zero attached hydrogens (tertiary/aromatic N) is 4. The van der Waals surface area contributed by atoms with Crippen LogP contribution in [-0.2, 0) is 20.9 Å². The summed E-state index contributed by atoms with van der Waals surface area (Å²) >= 11 is 0. The molecular weight excluding hydrogens is 370 g/mol. The summed E-state index contributed by atoms with van der Waals surface area (Å²) in [5, 5.41) is 25.4. The van der Waals surface area contributed by atoms with Crippen molar-refractivity contribution in [2.75, 3.05) is 6.61 Å². The number of benzene rings is 1. The van der Waals surface area contributed by atoms with Gasteiger partial charge in [0.1, 0.15) is 11.6 Å². The van der Waals surface area contributed by atoms with Crippen LogP contribution >= 0.6 is 0 Å². The molecule has 1 aliphatic carbocycles. The Morgan fingerprint density at radius 1 is 1.28 bits per heavy atom. The molecule has 146 valence electrons. The van der Waals surface area contributed by atoms with Gasteiger partial charge in [0.05, 0.1) is 24.7 Å². The van der Waals surface area contributed by atoms with Crippen LogP contribution in [0.3, 0.4) is 0 Å². The number of carbonyl (C=O) groups excluding carboxylic acids is 2. The van der Waals surface area contributed by atoms with Crippen molar-refractivity contribution >= 4 is 18.0 Å². The summed E-state index contributed by atoms with van der Waals surface area (Å²) in [6.07, 6.45) is 5.20. The van der Waals surface area contributed by atoms with Crippen molar-refractivity contribution in [3.63, 3.8) is 0 Å². The average molecular weight is 389 g/mol. The van der Waals surface area contributed by atoms with Crippen LogP contribution in [0.2, 0.25) is 0 Å². The molecule has 1 aromatic carbocycles. The summed E-state index contributed by atoms with van der Waals surface area (Å²) in [7, 11) is 0. The first-order valence-electron chi connectivity index (χ1n) is 9.19. The number of amides is 1. The number of hydrogen-bond donors (Lipinski definition) is 1. The molecule has 1 fully saturated rings. The molecule has 1 aliphatic rings. The Labute approximate surface area is 168 Å². The van der Waals surface area contributed by atoms with Crippen molar-refractivity contribution in [3.05, 3.63) is 47.7 Å². The van der Waals surface area contributed by atoms with E-state index in [4.69, 9.17) is 10.00 Å². The van der Waals surface area contributed by atoms with Crippen LogP contribution in [0.5, 0.6) is 0 Å². The van der Waals surface area contributed by atoms with E-state index in [1.165, 1.54) is 6.08 Å². The summed E-state index contributed by atoms with van der Waals surface area (Å²) in [6.45, 7) is -0.0425. The molecule has 3 rings (SSSR count). The molecule has 0 spiro atoms. The number of esters is 1. The lowest BCUT2D eigenvalue weighted by Gasteiger charge is -2.05. The fourth-order valence-electron chi connectivity index (χ4n) is 2.64. The first-order chi connectivity index (χ1) is 14.1. The third kappa shape index (κ3) is 5.53. The minimum Gasteiger partial charge on any atom is -0.451 e. The molecule has 0 saturated heterocycles. The summed E-state index contributed by atoms with van der Waals surface area (Å²) in [4.78, 5) is 23.9. The highest BCUT2D eigenvalue weighted by Gasteiger charge is 2.24. The number of hydrogen-bond acceptors (Lipinski definition) is 6. The van der Waals surface area contributed by atoms with Crippen LogP contribution in [0.15, 0.2) is 42.1 Å². The zero-order valence-electron chi connectivity index (χ0n) is 15.7. The smallest absolute Gasteiger partial charge is 0.349 e. The molecule has 0 bridgehead atoms. The molecule has 1 saturated carbocycles. The Hall–Kier alpha value is -3.91. The number of rotatable bonds is 8. The molecular formula is C21H19N5O3. The van der Waals surface area contributed by atoms with Gasteiger partial charge in [-0.15, -0.1) is 0 Å². The Balaban J connectivity index is 1.80. The summed E-state index contributed by atoms with van der Waals surface area (Å²) in [5.41, 5.74) is 1.70. The van der Waals surface area contributed by atoms with E-state index in [0.717, 1.165) is 18.4 Å². The van der Waals surface area contributed by atoms with Crippen molar-refractivity contribution in [2.24, 2.45) is 0 Å². The summed E-state index contributed by atoms with van der Waals surface area (Å²) in [6, 6.07) is 13.4. The van der Waals surface area contributed by atoms with Crippen LogP contribution in [-0.4, -0.2) is 34.3 Å². The molecule has 2 aromatic rings. The van der Waals surface area contributed by atoms with Gasteiger partial charge in [0.15, 0.2) is 6.61 Å². The third-order valence-corrected chi connectivity index (χ3v) is 4.21. The van der Waals surface area contributed by atoms with Crippen molar-refractivity contribution in [1.82, 2.24) is 15.1 Å². The molecule has 1 heterocycles. The van der Waals surface area contributed by atoms with Gasteiger partial charge in [0, 0.05) is 23.4 Å². The van der Waals surface area contributed by atoms with Crippen LogP contribution < -0.4 is 5.32 Å². The molecule has 8 heteroatoms. The van der Waals surface area contributed by atoms with Crippen molar-refractivity contribution < 1.29 is 14.3 Å². The lowest BCUT2D eigenvalue weighted by molar-refractivity contribution is -0.144. The van der Waals surface area contributed by atoms with Gasteiger partial charge >= 0.3 is 5.97 Å². The largest absolute Gasteiger partial charge is 0.451 e. The second-order valence-corrected chi connectivity index (χ2v) is 6.56. The summed E-state index contributed by atoms with van der Waals surface area (Å²) < 4.78 is 6.56. The van der Waals surface area contributed by atoms with Crippen LogP contribution in [0.4, 0.5) is 0 Å². The average Bonchev–Trinajstić information content (AvgIpc) is 3.46. The van der Waals surface area contributed by atoms with Gasteiger partial charge in [-0.05, 0) is 18.9 Å². The monoisotopic (exact) mass is 389 g/mol. The maximum absolute atomic E-state index is 12.2. The number of aryl methyl sites for hydroxylation is 1. The highest BCUT2D eigenvalue weighted by Crippen LogP contribution is 2.24. The molecule has 0 atom stereocenters. The minimum atomic E-state index is -0.873. The number of nitrogens with one attached hydrogen (secondary N) is 1. The Bertz CT molecular complexity index is 1010. The molecule has 0 aliphatic heterocycles. The minimum absolute atomic E-state index is 0.167. The van der Waals surface area contributed by atoms with Gasteiger partial charge in [-0.2, -0.15) is 15.6 Å². The van der Waals surface area contributed by atoms with Crippen molar-refractivity contribution in [2.45, 2.75) is 31.8 Å². The highest BCUT2D eigenvalue weighted by atomic mass is 16.5. The van der Waals surface area contributed by atoms with Crippen molar-refractivity contribution in [3.8, 4) is 23.4 Å². The highest BCUT2D eigenvalue weighted by molar-refractivity contribution is 5.99. The zero-order valence-corrected chi connectivity index (χ0v) is 15.7. The van der Waals surface area contributed by atoms with Gasteiger partial charge in [0.25, 0.3) is 5.91 Å². The normalized spacial score (nSPS) is 13.2. The van der Waals surface area contributed by atoms with E-state index < -0.39 is 12.6 Å². The molecule has 1 N–H and O–H groups in total. The van der Waals surface area contributed by atoms with E-state index in [9.17, 15) is 14.9 Å². The van der Waals surface area contributed by atoms with E-state index in [0.29, 0.717) is 17.8 Å². The molecule has 1 amide bonds. The lowest BCUT2D eigenvalue weighted by Crippen LogP contribution is -2.30. The maximum Gasteiger partial charge on any atom is 0.349 e. The molecule has 0 radical (unpaired) electrons. The quantitative estimate of drug-likeness (QED) is 0.420. The number of carbonyl (C=O) groups is 2. The van der Waals surface area contributed by atoms with Gasteiger partial charge in [-0.3, -0.25) is 9.48 Å². The number of ether oxygens (including phenoxy) is 1. The van der Waals surface area contributed by atoms with Gasteiger partial charge in [-0.1, -0.05) is 30.3 Å². The van der Waals surface area contributed by atoms with Crippen molar-refractivity contribution in [1.29, 1.82) is 10.5 Å². The Morgan fingerprint density at radius 2 is 2.03 bits per heavy atom. The molecule has 8 nitrogen and oxygen atoms in total. The second kappa shape index (κ2) is 9.34. The standard InChI is InChI=1S/C21H19N5O3/c22-9-4-10-26-13-17(20(25-26)15-5-2-1-3-6-15)11-16(12-23)21(28)29-14-19(27)24-18-7-8-18/h1-3,5-6,11,13,18H,4,7-8,10,14H2,(H,24,27)/b16-11+. The Kier molecular flexibility index (Phi) is 6.39. The molecule has 1 aromatic heterocycles. The van der Waals surface area contributed by atoms with E-state index in [1.807, 2.05) is 36.4 Å². The fraction of sp³-hybridized carbons (Fsp3) is 0.286. The van der Waals surface area contributed by atoms with Gasteiger partial charge in [0.2, 0.25) is 0 Å². The third-order valence-electron chi connectivity index (χ3n) is 4.21. The summed E-state index contributed by atoms with van der Waals surface area (Å²) in [5.74, 6) is -1.25. The van der Waals surface area contributed by atoms with Crippen LogP contribution in [0.25, 0.3) is 17.3 Å². The first kappa shape index (κ1) is 19.8. The zero-order chi connectivity index (χ0) is 20.6. The van der Waals surface area contributed by atoms with E-state index in [-0.39, 0.29) is 23.9 Å². The van der Waals surface area contributed by atoms with Gasteiger partial charge in [-0.25, -0.2) is 4.79 Å². The van der Waals surface area contributed by atoms with E-state index >= 15 is 0 Å². The number of nitriles is 2. The number of aromatic nitrogens is 2. The first-order valence-corrected chi connectivity index (χ1v) is 9.19. The fourth-order valence-corrected chi connectivity index (χ4v) is 2.64. The van der Waals surface area contributed by atoms with E-state index in [2.05, 4.69) is 16.5 Å². The topological polar surface area (TPSA) is 121 Å². The van der Waals surface area contributed by atoms with Crippen LogP contribution in [0, 0.1) is 22.7 Å². The van der Waals surface area contributed by atoms with E-state index in [1.54, 1.807) is 10.9 Å². The molecule has 0 unspecified atom stereocenters. The lowest BCUT2D eigenvalue weighted by atomic mass is 10.1. The maximum atomic E-state index is 12.2. The predicted octanol–water partition coefficient (Wildman–Crippen LogP) is 2.19. The second-order valence-electron chi connectivity index (χ2n) is 6.56. The van der Waals surface area contributed by atoms with Crippen LogP contribution in [0.1, 0.15) is 24.8 Å². The SMILES string of the molecule is N#CCCn1cc(/C=C(\C#N)C(=O)OCC(=O)NC2CC2)c(-c2ccccc2)n1. The Morgan fingerprint density at radius 3 is 2.69 bits per heavy atom.